The molecule has 3 heteroatoms. The van der Waals surface area contributed by atoms with Crippen molar-refractivity contribution in [2.45, 2.75) is 45.8 Å². The maximum absolute atomic E-state index is 5.60. The third-order valence-electron chi connectivity index (χ3n) is 2.60. The summed E-state index contributed by atoms with van der Waals surface area (Å²) >= 11 is 2.05. The molecule has 2 nitrogen and oxygen atoms in total. The van der Waals surface area contributed by atoms with Gasteiger partial charge in [-0.05, 0) is 31.1 Å². The highest BCUT2D eigenvalue weighted by molar-refractivity contribution is 7.99. The Morgan fingerprint density at radius 1 is 1.40 bits per heavy atom. The Morgan fingerprint density at radius 3 is 2.80 bits per heavy atom. The maximum atomic E-state index is 5.60. The van der Waals surface area contributed by atoms with Crippen molar-refractivity contribution in [2.75, 3.05) is 24.7 Å². The van der Waals surface area contributed by atoms with E-state index in [0.29, 0.717) is 12.1 Å². The van der Waals surface area contributed by atoms with Crippen molar-refractivity contribution >= 4 is 11.8 Å². The largest absolute Gasteiger partial charge is 0.377 e. The molecule has 1 N–H and O–H groups in total. The Bertz CT molecular complexity index is 158. The summed E-state index contributed by atoms with van der Waals surface area (Å²) in [4.78, 5) is 0. The molecule has 0 aliphatic carbocycles. The zero-order chi connectivity index (χ0) is 11.1. The zero-order valence-corrected chi connectivity index (χ0v) is 11.1. The predicted octanol–water partition coefficient (Wildman–Crippen LogP) is 2.53. The average molecular weight is 231 g/mol. The molecule has 1 aliphatic heterocycles. The first-order valence-electron chi connectivity index (χ1n) is 6.11. The topological polar surface area (TPSA) is 21.3 Å². The molecule has 1 heterocycles. The molecule has 0 amide bonds. The molecule has 90 valence electrons. The molecule has 2 unspecified atom stereocenters. The van der Waals surface area contributed by atoms with Crippen LogP contribution in [0.2, 0.25) is 0 Å². The molecule has 1 fully saturated rings. The zero-order valence-electron chi connectivity index (χ0n) is 10.3. The molecule has 15 heavy (non-hydrogen) atoms. The first kappa shape index (κ1) is 13.3. The van der Waals surface area contributed by atoms with Gasteiger partial charge in [-0.3, -0.25) is 0 Å². The molecule has 1 rings (SSSR count). The number of rotatable bonds is 7. The van der Waals surface area contributed by atoms with Crippen LogP contribution in [0.4, 0.5) is 0 Å². The van der Waals surface area contributed by atoms with Gasteiger partial charge in [-0.25, -0.2) is 0 Å². The fraction of sp³-hybridized carbons (Fsp3) is 1.00. The van der Waals surface area contributed by atoms with Crippen LogP contribution in [0.25, 0.3) is 0 Å². The summed E-state index contributed by atoms with van der Waals surface area (Å²) in [5.74, 6) is 3.20. The van der Waals surface area contributed by atoms with Crippen molar-refractivity contribution in [1.82, 2.24) is 5.32 Å². The fourth-order valence-electron chi connectivity index (χ4n) is 1.67. The van der Waals surface area contributed by atoms with Crippen LogP contribution in [0.15, 0.2) is 0 Å². The second kappa shape index (κ2) is 7.53. The van der Waals surface area contributed by atoms with Crippen LogP contribution in [0.3, 0.4) is 0 Å². The number of nitrogens with one attached hydrogen (secondary N) is 1. The highest BCUT2D eigenvalue weighted by atomic mass is 32.2. The predicted molar refractivity (Wildman–Crippen MR) is 68.6 cm³/mol. The van der Waals surface area contributed by atoms with E-state index >= 15 is 0 Å². The fourth-order valence-corrected chi connectivity index (χ4v) is 2.85. The summed E-state index contributed by atoms with van der Waals surface area (Å²) < 4.78 is 5.60. The minimum atomic E-state index is 0.542. The standard InChI is InChI=1S/C12H25NOS/c1-10(2)13-7-11(3)8-15-9-12-5-4-6-14-12/h10-13H,4-9H2,1-3H3. The van der Waals surface area contributed by atoms with Crippen LogP contribution in [-0.4, -0.2) is 36.8 Å². The Hall–Kier alpha value is 0.270. The van der Waals surface area contributed by atoms with E-state index in [2.05, 4.69) is 26.1 Å². The SMILES string of the molecule is CC(CNC(C)C)CSCC1CCCO1. The Kier molecular flexibility index (Phi) is 6.69. The number of hydrogen-bond donors (Lipinski definition) is 1. The van der Waals surface area contributed by atoms with Gasteiger partial charge in [-0.2, -0.15) is 11.8 Å². The van der Waals surface area contributed by atoms with Crippen molar-refractivity contribution in [2.24, 2.45) is 5.92 Å². The molecule has 0 aromatic heterocycles. The van der Waals surface area contributed by atoms with E-state index in [1.165, 1.54) is 24.3 Å². The highest BCUT2D eigenvalue weighted by Crippen LogP contribution is 2.18. The van der Waals surface area contributed by atoms with Crippen LogP contribution in [0.5, 0.6) is 0 Å². The smallest absolute Gasteiger partial charge is 0.0666 e. The van der Waals surface area contributed by atoms with Gasteiger partial charge in [-0.15, -0.1) is 0 Å². The second-order valence-corrected chi connectivity index (χ2v) is 5.92. The van der Waals surface area contributed by atoms with Gasteiger partial charge in [0, 0.05) is 18.4 Å². The minimum Gasteiger partial charge on any atom is -0.377 e. The lowest BCUT2D eigenvalue weighted by molar-refractivity contribution is 0.129. The van der Waals surface area contributed by atoms with Crippen LogP contribution < -0.4 is 5.32 Å². The lowest BCUT2D eigenvalue weighted by atomic mass is 10.2. The molecular weight excluding hydrogens is 206 g/mol. The normalized spacial score (nSPS) is 23.6. The van der Waals surface area contributed by atoms with Gasteiger partial charge in [0.25, 0.3) is 0 Å². The number of ether oxygens (including phenoxy) is 1. The van der Waals surface area contributed by atoms with Crippen LogP contribution in [0, 0.1) is 5.92 Å². The summed E-state index contributed by atoms with van der Waals surface area (Å²) in [5, 5.41) is 3.48. The average Bonchev–Trinajstić information content (AvgIpc) is 2.67. The van der Waals surface area contributed by atoms with E-state index in [1.54, 1.807) is 0 Å². The van der Waals surface area contributed by atoms with Crippen molar-refractivity contribution in [1.29, 1.82) is 0 Å². The van der Waals surface area contributed by atoms with Gasteiger partial charge in [0.1, 0.15) is 0 Å². The Labute approximate surface area is 98.5 Å². The van der Waals surface area contributed by atoms with Gasteiger partial charge in [0.2, 0.25) is 0 Å². The molecular formula is C12H25NOS. The van der Waals surface area contributed by atoms with Crippen molar-refractivity contribution in [3.8, 4) is 0 Å². The highest BCUT2D eigenvalue weighted by Gasteiger charge is 2.15. The lowest BCUT2D eigenvalue weighted by Gasteiger charge is -2.15. The van der Waals surface area contributed by atoms with Crippen molar-refractivity contribution < 1.29 is 4.74 Å². The van der Waals surface area contributed by atoms with E-state index in [-0.39, 0.29) is 0 Å². The summed E-state index contributed by atoms with van der Waals surface area (Å²) in [6, 6.07) is 0.607. The van der Waals surface area contributed by atoms with Crippen LogP contribution in [0.1, 0.15) is 33.6 Å². The van der Waals surface area contributed by atoms with Gasteiger partial charge >= 0.3 is 0 Å². The van der Waals surface area contributed by atoms with Crippen molar-refractivity contribution in [3.05, 3.63) is 0 Å². The van der Waals surface area contributed by atoms with Gasteiger partial charge in [0.15, 0.2) is 0 Å². The first-order chi connectivity index (χ1) is 7.18. The van der Waals surface area contributed by atoms with Crippen LogP contribution in [-0.2, 0) is 4.74 Å². The quantitative estimate of drug-likeness (QED) is 0.727. The van der Waals surface area contributed by atoms with Gasteiger partial charge in [0.05, 0.1) is 6.10 Å². The summed E-state index contributed by atoms with van der Waals surface area (Å²) in [5.41, 5.74) is 0. The second-order valence-electron chi connectivity index (χ2n) is 4.84. The third-order valence-corrected chi connectivity index (χ3v) is 4.02. The number of hydrogen-bond acceptors (Lipinski definition) is 3. The Morgan fingerprint density at radius 2 is 2.20 bits per heavy atom. The maximum Gasteiger partial charge on any atom is 0.0666 e. The lowest BCUT2D eigenvalue weighted by Crippen LogP contribution is -2.28. The van der Waals surface area contributed by atoms with E-state index < -0.39 is 0 Å². The summed E-state index contributed by atoms with van der Waals surface area (Å²) in [6.45, 7) is 8.84. The third kappa shape index (κ3) is 6.44. The molecule has 1 aliphatic rings. The molecule has 0 aromatic rings. The van der Waals surface area contributed by atoms with Crippen molar-refractivity contribution in [3.63, 3.8) is 0 Å². The molecule has 0 spiro atoms. The van der Waals surface area contributed by atoms with E-state index in [9.17, 15) is 0 Å². The molecule has 0 bridgehead atoms. The number of thioether (sulfide) groups is 1. The molecule has 0 aromatic carbocycles. The molecule has 0 saturated carbocycles. The minimum absolute atomic E-state index is 0.542. The first-order valence-corrected chi connectivity index (χ1v) is 7.26. The van der Waals surface area contributed by atoms with E-state index in [0.717, 1.165) is 19.1 Å². The molecule has 0 radical (unpaired) electrons. The molecule has 1 saturated heterocycles. The van der Waals surface area contributed by atoms with Gasteiger partial charge < -0.3 is 10.1 Å². The summed E-state index contributed by atoms with van der Waals surface area (Å²) in [7, 11) is 0. The Balaban J connectivity index is 1.93. The monoisotopic (exact) mass is 231 g/mol. The summed E-state index contributed by atoms with van der Waals surface area (Å²) in [6.07, 6.45) is 3.07. The van der Waals surface area contributed by atoms with Crippen LogP contribution >= 0.6 is 11.8 Å². The molecule has 2 atom stereocenters. The van der Waals surface area contributed by atoms with Gasteiger partial charge in [-0.1, -0.05) is 20.8 Å². The van der Waals surface area contributed by atoms with E-state index in [1.807, 2.05) is 11.8 Å². The van der Waals surface area contributed by atoms with E-state index in [4.69, 9.17) is 4.74 Å².